The van der Waals surface area contributed by atoms with Gasteiger partial charge in [-0.3, -0.25) is 4.79 Å². The summed E-state index contributed by atoms with van der Waals surface area (Å²) in [7, 11) is 0. The molecule has 2 rings (SSSR count). The summed E-state index contributed by atoms with van der Waals surface area (Å²) in [4.78, 5) is 14.3. The van der Waals surface area contributed by atoms with Crippen LogP contribution in [0.1, 0.15) is 44.2 Å². The Labute approximate surface area is 122 Å². The lowest BCUT2D eigenvalue weighted by Gasteiger charge is -2.22. The van der Waals surface area contributed by atoms with E-state index in [9.17, 15) is 4.79 Å². The van der Waals surface area contributed by atoms with Crippen LogP contribution in [0.4, 0.5) is 0 Å². The van der Waals surface area contributed by atoms with Crippen LogP contribution in [0.3, 0.4) is 0 Å². The first-order valence-corrected chi connectivity index (χ1v) is 7.66. The Morgan fingerprint density at radius 1 is 1.20 bits per heavy atom. The quantitative estimate of drug-likeness (QED) is 0.867. The number of fused-ring (bicyclic) bond motifs is 1. The first-order valence-electron chi connectivity index (χ1n) is 7.66. The summed E-state index contributed by atoms with van der Waals surface area (Å²) in [5.74, 6) is 1.44. The van der Waals surface area contributed by atoms with E-state index in [1.807, 2.05) is 17.0 Å². The van der Waals surface area contributed by atoms with Crippen molar-refractivity contribution in [3.63, 3.8) is 0 Å². The molecule has 1 aromatic rings. The predicted molar refractivity (Wildman–Crippen MR) is 81.9 cm³/mol. The Morgan fingerprint density at radius 2 is 1.80 bits per heavy atom. The van der Waals surface area contributed by atoms with Crippen LogP contribution in [0.2, 0.25) is 0 Å². The summed E-state index contributed by atoms with van der Waals surface area (Å²) >= 11 is 0. The minimum absolute atomic E-state index is 0.281. The number of amides is 1. The van der Waals surface area contributed by atoms with Crippen molar-refractivity contribution in [3.05, 3.63) is 35.4 Å². The highest BCUT2D eigenvalue weighted by atomic mass is 16.2. The van der Waals surface area contributed by atoms with E-state index in [-0.39, 0.29) is 5.91 Å². The second-order valence-corrected chi connectivity index (χ2v) is 6.14. The van der Waals surface area contributed by atoms with E-state index in [0.717, 1.165) is 25.9 Å². The molecule has 0 saturated heterocycles. The number of carbonyl (C=O) groups is 1. The summed E-state index contributed by atoms with van der Waals surface area (Å²) in [5.41, 5.74) is 8.25. The van der Waals surface area contributed by atoms with Gasteiger partial charge in [0.1, 0.15) is 0 Å². The zero-order chi connectivity index (χ0) is 14.5. The maximum absolute atomic E-state index is 12.3. The van der Waals surface area contributed by atoms with E-state index in [4.69, 9.17) is 5.73 Å². The van der Waals surface area contributed by atoms with Gasteiger partial charge in [0.05, 0.1) is 0 Å². The third-order valence-corrected chi connectivity index (χ3v) is 4.40. The molecule has 0 fully saturated rings. The molecule has 0 aliphatic carbocycles. The van der Waals surface area contributed by atoms with Gasteiger partial charge in [0.25, 0.3) is 0 Å². The van der Waals surface area contributed by atoms with Crippen LogP contribution in [-0.2, 0) is 17.9 Å². The number of rotatable bonds is 6. The van der Waals surface area contributed by atoms with Crippen molar-refractivity contribution in [2.75, 3.05) is 6.54 Å². The Bertz CT molecular complexity index is 431. The van der Waals surface area contributed by atoms with Crippen LogP contribution < -0.4 is 5.73 Å². The van der Waals surface area contributed by atoms with Crippen molar-refractivity contribution >= 4 is 5.91 Å². The molecule has 1 amide bonds. The molecule has 0 spiro atoms. The lowest BCUT2D eigenvalue weighted by atomic mass is 9.88. The highest BCUT2D eigenvalue weighted by Crippen LogP contribution is 2.25. The number of hydrogen-bond acceptors (Lipinski definition) is 2. The molecule has 0 aromatic heterocycles. The molecule has 1 aliphatic heterocycles. The lowest BCUT2D eigenvalue weighted by Crippen LogP contribution is -2.26. The minimum Gasteiger partial charge on any atom is -0.334 e. The Morgan fingerprint density at radius 3 is 2.30 bits per heavy atom. The van der Waals surface area contributed by atoms with Gasteiger partial charge >= 0.3 is 0 Å². The average Bonchev–Trinajstić information content (AvgIpc) is 2.86. The van der Waals surface area contributed by atoms with E-state index < -0.39 is 0 Å². The van der Waals surface area contributed by atoms with E-state index in [1.165, 1.54) is 11.1 Å². The summed E-state index contributed by atoms with van der Waals surface area (Å²) in [6.07, 6.45) is 2.63. The van der Waals surface area contributed by atoms with Crippen LogP contribution >= 0.6 is 0 Å². The molecule has 2 N–H and O–H groups in total. The molecule has 1 heterocycles. The molecule has 1 unspecified atom stereocenters. The van der Waals surface area contributed by atoms with E-state index in [2.05, 4.69) is 26.0 Å². The molecule has 0 radical (unpaired) electrons. The fraction of sp³-hybridized carbons (Fsp3) is 0.588. The van der Waals surface area contributed by atoms with Crippen molar-refractivity contribution in [1.29, 1.82) is 0 Å². The molecular formula is C17H26N2O. The highest BCUT2D eigenvalue weighted by Gasteiger charge is 2.23. The van der Waals surface area contributed by atoms with Crippen LogP contribution in [0.25, 0.3) is 0 Å². The summed E-state index contributed by atoms with van der Waals surface area (Å²) in [6.45, 7) is 6.70. The molecule has 20 heavy (non-hydrogen) atoms. The van der Waals surface area contributed by atoms with Crippen LogP contribution in [0.5, 0.6) is 0 Å². The van der Waals surface area contributed by atoms with Crippen LogP contribution in [0, 0.1) is 11.8 Å². The summed E-state index contributed by atoms with van der Waals surface area (Å²) in [5, 5.41) is 0. The average molecular weight is 274 g/mol. The van der Waals surface area contributed by atoms with Gasteiger partial charge in [-0.2, -0.15) is 0 Å². The fourth-order valence-corrected chi connectivity index (χ4v) is 3.00. The Kier molecular flexibility index (Phi) is 5.18. The highest BCUT2D eigenvalue weighted by molar-refractivity contribution is 5.77. The molecule has 1 atom stereocenters. The zero-order valence-electron chi connectivity index (χ0n) is 12.6. The SMILES string of the molecule is CC(C)C(CCN)CCC(=O)N1Cc2ccccc2C1. The second-order valence-electron chi connectivity index (χ2n) is 6.14. The van der Waals surface area contributed by atoms with Gasteiger partial charge in [0, 0.05) is 19.5 Å². The zero-order valence-corrected chi connectivity index (χ0v) is 12.6. The molecule has 3 nitrogen and oxygen atoms in total. The van der Waals surface area contributed by atoms with E-state index in [0.29, 0.717) is 24.8 Å². The first-order chi connectivity index (χ1) is 9.61. The maximum atomic E-state index is 12.3. The molecule has 0 bridgehead atoms. The molecular weight excluding hydrogens is 248 g/mol. The normalized spacial score (nSPS) is 15.5. The van der Waals surface area contributed by atoms with Crippen LogP contribution in [-0.4, -0.2) is 17.4 Å². The number of carbonyl (C=O) groups excluding carboxylic acids is 1. The number of benzene rings is 1. The minimum atomic E-state index is 0.281. The van der Waals surface area contributed by atoms with Crippen molar-refractivity contribution in [1.82, 2.24) is 4.90 Å². The first kappa shape index (κ1) is 15.0. The van der Waals surface area contributed by atoms with Crippen molar-refractivity contribution in [2.45, 2.75) is 46.2 Å². The standard InChI is InChI=1S/C17H26N2O/c1-13(2)14(9-10-18)7-8-17(20)19-11-15-5-3-4-6-16(15)12-19/h3-6,13-14H,7-12,18H2,1-2H3. The molecule has 1 aliphatic rings. The number of hydrogen-bond donors (Lipinski definition) is 1. The lowest BCUT2D eigenvalue weighted by molar-refractivity contribution is -0.132. The van der Waals surface area contributed by atoms with Crippen molar-refractivity contribution in [2.24, 2.45) is 17.6 Å². The third kappa shape index (κ3) is 3.60. The smallest absolute Gasteiger partial charge is 0.223 e. The summed E-state index contributed by atoms with van der Waals surface area (Å²) < 4.78 is 0. The Balaban J connectivity index is 1.85. The van der Waals surface area contributed by atoms with E-state index in [1.54, 1.807) is 0 Å². The number of nitrogens with two attached hydrogens (primary N) is 1. The topological polar surface area (TPSA) is 46.3 Å². The monoisotopic (exact) mass is 274 g/mol. The maximum Gasteiger partial charge on any atom is 0.223 e. The van der Waals surface area contributed by atoms with Gasteiger partial charge in [0.2, 0.25) is 5.91 Å². The van der Waals surface area contributed by atoms with E-state index >= 15 is 0 Å². The molecule has 1 aromatic carbocycles. The van der Waals surface area contributed by atoms with Crippen molar-refractivity contribution in [3.8, 4) is 0 Å². The molecule has 110 valence electrons. The predicted octanol–water partition coefficient (Wildman–Crippen LogP) is 2.93. The van der Waals surface area contributed by atoms with Gasteiger partial charge in [-0.15, -0.1) is 0 Å². The van der Waals surface area contributed by atoms with Crippen molar-refractivity contribution < 1.29 is 4.79 Å². The van der Waals surface area contributed by atoms with Gasteiger partial charge in [0.15, 0.2) is 0 Å². The summed E-state index contributed by atoms with van der Waals surface area (Å²) in [6, 6.07) is 8.33. The molecule has 0 saturated carbocycles. The number of nitrogens with zero attached hydrogens (tertiary/aromatic N) is 1. The van der Waals surface area contributed by atoms with Gasteiger partial charge in [-0.05, 0) is 42.3 Å². The molecule has 3 heteroatoms. The van der Waals surface area contributed by atoms with Gasteiger partial charge in [-0.1, -0.05) is 38.1 Å². The largest absolute Gasteiger partial charge is 0.334 e. The fourth-order valence-electron chi connectivity index (χ4n) is 3.00. The van der Waals surface area contributed by atoms with Gasteiger partial charge < -0.3 is 10.6 Å². The Hall–Kier alpha value is -1.35. The van der Waals surface area contributed by atoms with Gasteiger partial charge in [-0.25, -0.2) is 0 Å². The van der Waals surface area contributed by atoms with Crippen LogP contribution in [0.15, 0.2) is 24.3 Å². The second kappa shape index (κ2) is 6.89. The third-order valence-electron chi connectivity index (χ3n) is 4.40.